The predicted octanol–water partition coefficient (Wildman–Crippen LogP) is 3.64. The lowest BCUT2D eigenvalue weighted by molar-refractivity contribution is 0.102. The largest absolute Gasteiger partial charge is 0.494 e. The van der Waals surface area contributed by atoms with Gasteiger partial charge in [-0.1, -0.05) is 11.3 Å². The fourth-order valence-electron chi connectivity index (χ4n) is 4.65. The Hall–Kier alpha value is -3.37. The molecule has 34 heavy (non-hydrogen) atoms. The van der Waals surface area contributed by atoms with Gasteiger partial charge < -0.3 is 25.0 Å². The molecule has 1 amide bonds. The normalized spacial score (nSPS) is 18.4. The zero-order valence-corrected chi connectivity index (χ0v) is 20.7. The van der Waals surface area contributed by atoms with Crippen molar-refractivity contribution in [1.29, 1.82) is 0 Å². The molecule has 2 atom stereocenters. The SMILES string of the molecule is COc1nc2c(C(=O)Nc3cc4cn(C)nc4cc3OC)ccc(N3CC(C)NC(C)C3)c2s1. The Morgan fingerprint density at radius 2 is 1.94 bits per heavy atom. The molecule has 1 aliphatic heterocycles. The van der Waals surface area contributed by atoms with Crippen molar-refractivity contribution in [3.63, 3.8) is 0 Å². The molecule has 4 aromatic rings. The maximum atomic E-state index is 13.4. The summed E-state index contributed by atoms with van der Waals surface area (Å²) in [6, 6.07) is 8.29. The average molecular weight is 481 g/mol. The zero-order chi connectivity index (χ0) is 24.0. The van der Waals surface area contributed by atoms with Crippen LogP contribution in [0.2, 0.25) is 0 Å². The topological polar surface area (TPSA) is 93.5 Å². The number of hydrogen-bond donors (Lipinski definition) is 2. The smallest absolute Gasteiger partial charge is 0.274 e. The number of ether oxygens (including phenoxy) is 2. The number of aryl methyl sites for hydroxylation is 1. The van der Waals surface area contributed by atoms with Gasteiger partial charge in [-0.25, -0.2) is 4.98 Å². The van der Waals surface area contributed by atoms with Crippen LogP contribution in [0, 0.1) is 0 Å². The van der Waals surface area contributed by atoms with Crippen molar-refractivity contribution < 1.29 is 14.3 Å². The van der Waals surface area contributed by atoms with E-state index in [4.69, 9.17) is 9.47 Å². The fraction of sp³-hybridized carbons (Fsp3) is 0.375. The number of nitrogens with zero attached hydrogens (tertiary/aromatic N) is 4. The number of anilines is 2. The van der Waals surface area contributed by atoms with E-state index in [1.54, 1.807) is 18.9 Å². The summed E-state index contributed by atoms with van der Waals surface area (Å²) in [6.07, 6.45) is 1.90. The number of methoxy groups -OCH3 is 2. The van der Waals surface area contributed by atoms with Gasteiger partial charge in [-0.2, -0.15) is 5.10 Å². The quantitative estimate of drug-likeness (QED) is 0.450. The van der Waals surface area contributed by atoms with Crippen LogP contribution in [0.15, 0.2) is 30.5 Å². The second-order valence-corrected chi connectivity index (χ2v) is 9.70. The molecule has 0 spiro atoms. The van der Waals surface area contributed by atoms with Crippen molar-refractivity contribution in [2.45, 2.75) is 25.9 Å². The van der Waals surface area contributed by atoms with E-state index in [0.29, 0.717) is 39.8 Å². The third kappa shape index (κ3) is 4.03. The molecule has 0 radical (unpaired) electrons. The van der Waals surface area contributed by atoms with Crippen LogP contribution in [0.25, 0.3) is 21.1 Å². The van der Waals surface area contributed by atoms with Gasteiger partial charge in [-0.15, -0.1) is 0 Å². The molecule has 178 valence electrons. The van der Waals surface area contributed by atoms with E-state index < -0.39 is 0 Å². The van der Waals surface area contributed by atoms with Gasteiger partial charge in [0.05, 0.1) is 41.4 Å². The molecule has 1 saturated heterocycles. The number of carbonyl (C=O) groups excluding carboxylic acids is 1. The summed E-state index contributed by atoms with van der Waals surface area (Å²) in [4.78, 5) is 20.4. The van der Waals surface area contributed by atoms with Crippen molar-refractivity contribution in [3.8, 4) is 10.9 Å². The third-order valence-electron chi connectivity index (χ3n) is 6.01. The maximum Gasteiger partial charge on any atom is 0.274 e. The van der Waals surface area contributed by atoms with Gasteiger partial charge in [0.25, 0.3) is 11.1 Å². The van der Waals surface area contributed by atoms with Crippen LogP contribution in [0.3, 0.4) is 0 Å². The summed E-state index contributed by atoms with van der Waals surface area (Å²) >= 11 is 1.46. The minimum atomic E-state index is -0.256. The summed E-state index contributed by atoms with van der Waals surface area (Å²) in [5.74, 6) is 0.292. The highest BCUT2D eigenvalue weighted by Crippen LogP contribution is 2.38. The molecule has 0 saturated carbocycles. The molecule has 3 heterocycles. The standard InChI is InChI=1S/C24H28N6O3S/c1-13-10-30(11-14(2)25-13)19-7-6-16(21-22(19)34-24(27-21)33-5)23(31)26-18-8-15-12-29(3)28-17(15)9-20(18)32-4/h6-9,12-14,25H,10-11H2,1-5H3,(H,26,31). The van der Waals surface area contributed by atoms with Gasteiger partial charge in [-0.05, 0) is 32.0 Å². The Labute approximate surface area is 201 Å². The summed E-state index contributed by atoms with van der Waals surface area (Å²) < 4.78 is 13.6. The summed E-state index contributed by atoms with van der Waals surface area (Å²) in [5, 5.41) is 12.4. The highest BCUT2D eigenvalue weighted by molar-refractivity contribution is 7.21. The fourth-order valence-corrected chi connectivity index (χ4v) is 5.60. The van der Waals surface area contributed by atoms with Gasteiger partial charge in [0, 0.05) is 49.9 Å². The van der Waals surface area contributed by atoms with Crippen molar-refractivity contribution in [2.75, 3.05) is 37.5 Å². The lowest BCUT2D eigenvalue weighted by Crippen LogP contribution is -2.54. The molecule has 1 aliphatic rings. The number of hydrogen-bond acceptors (Lipinski definition) is 8. The van der Waals surface area contributed by atoms with Crippen LogP contribution in [0.1, 0.15) is 24.2 Å². The molecular formula is C24H28N6O3S. The van der Waals surface area contributed by atoms with Crippen molar-refractivity contribution in [1.82, 2.24) is 20.1 Å². The molecule has 2 N–H and O–H groups in total. The van der Waals surface area contributed by atoms with Crippen LogP contribution in [-0.2, 0) is 7.05 Å². The van der Waals surface area contributed by atoms with E-state index in [1.807, 2.05) is 37.5 Å². The number of fused-ring (bicyclic) bond motifs is 2. The van der Waals surface area contributed by atoms with Crippen LogP contribution < -0.4 is 25.0 Å². The Morgan fingerprint density at radius 3 is 2.65 bits per heavy atom. The minimum Gasteiger partial charge on any atom is -0.494 e. The minimum absolute atomic E-state index is 0.256. The van der Waals surface area contributed by atoms with E-state index in [2.05, 4.69) is 39.5 Å². The van der Waals surface area contributed by atoms with Crippen LogP contribution >= 0.6 is 11.3 Å². The van der Waals surface area contributed by atoms with Crippen LogP contribution in [-0.4, -0.2) is 60.1 Å². The Kier molecular flexibility index (Phi) is 5.78. The van der Waals surface area contributed by atoms with E-state index in [9.17, 15) is 4.79 Å². The molecule has 9 nitrogen and oxygen atoms in total. The Morgan fingerprint density at radius 1 is 1.18 bits per heavy atom. The molecule has 10 heteroatoms. The lowest BCUT2D eigenvalue weighted by atomic mass is 10.1. The van der Waals surface area contributed by atoms with E-state index in [1.165, 1.54) is 11.3 Å². The number of benzene rings is 2. The first-order valence-corrected chi connectivity index (χ1v) is 12.0. The Bertz CT molecular complexity index is 1370. The number of nitrogens with one attached hydrogen (secondary N) is 2. The average Bonchev–Trinajstić information content (AvgIpc) is 3.39. The first kappa shape index (κ1) is 22.4. The third-order valence-corrected chi connectivity index (χ3v) is 7.05. The molecule has 2 aromatic heterocycles. The van der Waals surface area contributed by atoms with E-state index >= 15 is 0 Å². The number of piperazine rings is 1. The van der Waals surface area contributed by atoms with Gasteiger partial charge in [0.15, 0.2) is 0 Å². The summed E-state index contributed by atoms with van der Waals surface area (Å²) in [5.41, 5.74) is 3.58. The summed E-state index contributed by atoms with van der Waals surface area (Å²) in [6.45, 7) is 6.13. The molecule has 2 aromatic carbocycles. The van der Waals surface area contributed by atoms with Gasteiger partial charge in [0.1, 0.15) is 11.3 Å². The second-order valence-electron chi connectivity index (χ2n) is 8.74. The lowest BCUT2D eigenvalue weighted by Gasteiger charge is -2.37. The second kappa shape index (κ2) is 8.77. The number of thiazole rings is 1. The number of amides is 1. The van der Waals surface area contributed by atoms with Crippen LogP contribution in [0.5, 0.6) is 10.9 Å². The van der Waals surface area contributed by atoms with Crippen molar-refractivity contribution in [3.05, 3.63) is 36.0 Å². The van der Waals surface area contributed by atoms with Gasteiger partial charge >= 0.3 is 0 Å². The summed E-state index contributed by atoms with van der Waals surface area (Å²) in [7, 11) is 5.03. The zero-order valence-electron chi connectivity index (χ0n) is 19.9. The predicted molar refractivity (Wildman–Crippen MR) is 136 cm³/mol. The molecule has 0 bridgehead atoms. The number of aromatic nitrogens is 3. The first-order chi connectivity index (χ1) is 16.4. The molecule has 5 rings (SSSR count). The highest BCUT2D eigenvalue weighted by atomic mass is 32.1. The Balaban J connectivity index is 1.53. The number of carbonyl (C=O) groups is 1. The van der Waals surface area contributed by atoms with Crippen molar-refractivity contribution >= 4 is 49.7 Å². The van der Waals surface area contributed by atoms with Gasteiger partial charge in [0.2, 0.25) is 0 Å². The molecule has 1 fully saturated rings. The van der Waals surface area contributed by atoms with E-state index in [-0.39, 0.29) is 5.91 Å². The van der Waals surface area contributed by atoms with Crippen molar-refractivity contribution in [2.24, 2.45) is 7.05 Å². The first-order valence-electron chi connectivity index (χ1n) is 11.2. The number of rotatable bonds is 5. The van der Waals surface area contributed by atoms with Crippen LogP contribution in [0.4, 0.5) is 11.4 Å². The highest BCUT2D eigenvalue weighted by Gasteiger charge is 2.26. The van der Waals surface area contributed by atoms with Gasteiger partial charge in [-0.3, -0.25) is 9.48 Å². The molecular weight excluding hydrogens is 452 g/mol. The molecule has 0 aliphatic carbocycles. The molecule has 2 unspecified atom stereocenters. The maximum absolute atomic E-state index is 13.4. The monoisotopic (exact) mass is 480 g/mol. The van der Waals surface area contributed by atoms with E-state index in [0.717, 1.165) is 34.4 Å².